The summed E-state index contributed by atoms with van der Waals surface area (Å²) in [4.78, 5) is 73.5. The Morgan fingerprint density at radius 3 is 0.839 bits per heavy atom. The van der Waals surface area contributed by atoms with Crippen molar-refractivity contribution >= 4 is 35.8 Å². The molecule has 12 heteroatoms. The van der Waals surface area contributed by atoms with Crippen molar-refractivity contribution < 1.29 is 57.2 Å². The first kappa shape index (κ1) is 135. The Balaban J connectivity index is -0.000000146. The average molecular weight is 1690 g/mol. The normalized spacial score (nSPS) is 21.7. The van der Waals surface area contributed by atoms with E-state index in [1.807, 2.05) is 111 Å². The molecular weight excluding hydrogens is 1470 g/mol. The van der Waals surface area contributed by atoms with E-state index in [0.29, 0.717) is 17.8 Å². The Bertz CT molecular complexity index is 2570. The largest absolute Gasteiger partial charge is 0.459 e. The first-order valence-electron chi connectivity index (χ1n) is 44.4. The van der Waals surface area contributed by atoms with Gasteiger partial charge in [-0.15, -0.1) is 0 Å². The third-order valence-electron chi connectivity index (χ3n) is 29.2. The highest BCUT2D eigenvalue weighted by atomic mass is 16.6. The van der Waals surface area contributed by atoms with Gasteiger partial charge in [-0.3, -0.25) is 28.8 Å². The lowest BCUT2D eigenvalue weighted by molar-refractivity contribution is -0.212. The smallest absolute Gasteiger partial charge is 0.312 e. The van der Waals surface area contributed by atoms with Crippen LogP contribution in [-0.2, 0) is 57.2 Å². The van der Waals surface area contributed by atoms with Gasteiger partial charge in [0, 0.05) is 5.41 Å². The van der Waals surface area contributed by atoms with Gasteiger partial charge >= 0.3 is 35.8 Å². The summed E-state index contributed by atoms with van der Waals surface area (Å²) in [5.41, 5.74) is -3.27. The van der Waals surface area contributed by atoms with Crippen molar-refractivity contribution in [3.63, 3.8) is 0 Å². The average Bonchev–Trinajstić information content (AvgIpc) is 0.785. The molecule has 0 aromatic rings. The molecular formula is C106H220O12. The molecule has 0 N–H and O–H groups in total. The molecule has 0 aromatic heterocycles. The summed E-state index contributed by atoms with van der Waals surface area (Å²) >= 11 is 0. The van der Waals surface area contributed by atoms with E-state index in [4.69, 9.17) is 28.4 Å². The lowest BCUT2D eigenvalue weighted by atomic mass is 9.45. The zero-order chi connectivity index (χ0) is 80.7. The van der Waals surface area contributed by atoms with Gasteiger partial charge < -0.3 is 28.4 Å². The first-order valence-corrected chi connectivity index (χ1v) is 44.4. The van der Waals surface area contributed by atoms with Gasteiger partial charge in [-0.25, -0.2) is 0 Å². The van der Waals surface area contributed by atoms with Crippen molar-refractivity contribution in [3.05, 3.63) is 0 Å². The van der Waals surface area contributed by atoms with Crippen molar-refractivity contribution in [1.82, 2.24) is 0 Å². The molecule has 0 heterocycles. The molecule has 9 rings (SSSR count). The van der Waals surface area contributed by atoms with E-state index in [1.54, 1.807) is 0 Å². The van der Waals surface area contributed by atoms with Crippen molar-refractivity contribution in [1.29, 1.82) is 0 Å². The molecule has 9 aliphatic rings. The first-order chi connectivity index (χ1) is 49.0. The zero-order valence-electron chi connectivity index (χ0n) is 74.9. The summed E-state index contributed by atoms with van der Waals surface area (Å²) in [7, 11) is 0. The van der Waals surface area contributed by atoms with Gasteiger partial charge in [-0.1, -0.05) is 229 Å². The molecule has 0 radical (unpaired) electrons. The molecule has 0 saturated heterocycles. The molecule has 0 spiro atoms. The third-order valence-corrected chi connectivity index (χ3v) is 29.2. The highest BCUT2D eigenvalue weighted by Crippen LogP contribution is 2.65. The van der Waals surface area contributed by atoms with Crippen LogP contribution in [0.1, 0.15) is 546 Å². The highest BCUT2D eigenvalue weighted by molar-refractivity contribution is 5.78. The number of esters is 6. The van der Waals surface area contributed by atoms with E-state index in [9.17, 15) is 28.8 Å². The molecule has 12 nitrogen and oxygen atoms in total. The van der Waals surface area contributed by atoms with E-state index in [1.165, 1.54) is 173 Å². The van der Waals surface area contributed by atoms with Gasteiger partial charge in [0.25, 0.3) is 0 Å². The molecule has 9 saturated carbocycles. The minimum atomic E-state index is -0.362. The molecule has 118 heavy (non-hydrogen) atoms. The minimum absolute atomic E-state index is 0. The van der Waals surface area contributed by atoms with Crippen LogP contribution in [0.3, 0.4) is 0 Å². The van der Waals surface area contributed by atoms with Crippen molar-refractivity contribution in [2.75, 3.05) is 0 Å². The summed E-state index contributed by atoms with van der Waals surface area (Å²) in [6.07, 6.45) is 47.6. The summed E-state index contributed by atoms with van der Waals surface area (Å²) in [5.74, 6) is 4.06. The number of ether oxygens (including phenoxy) is 6. The number of carbonyl (C=O) groups excluding carboxylic acids is 6. The Hall–Kier alpha value is -3.18. The van der Waals surface area contributed by atoms with Gasteiger partial charge in [0.15, 0.2) is 0 Å². The lowest BCUT2D eigenvalue weighted by Gasteiger charge is -2.62. The van der Waals surface area contributed by atoms with Crippen LogP contribution in [0.2, 0.25) is 0 Å². The molecule has 0 aliphatic heterocycles. The number of carbonyl (C=O) groups is 6. The van der Waals surface area contributed by atoms with Gasteiger partial charge in [0.1, 0.15) is 33.6 Å². The van der Waals surface area contributed by atoms with Gasteiger partial charge in [-0.05, 0) is 353 Å². The third kappa shape index (κ3) is 39.6. The van der Waals surface area contributed by atoms with Crippen LogP contribution in [0, 0.1) is 73.4 Å². The number of rotatable bonds is 24. The minimum Gasteiger partial charge on any atom is -0.459 e. The van der Waals surface area contributed by atoms with Gasteiger partial charge in [-0.2, -0.15) is 0 Å². The Morgan fingerprint density at radius 1 is 0.305 bits per heavy atom. The van der Waals surface area contributed by atoms with Crippen LogP contribution in [0.15, 0.2) is 0 Å². The summed E-state index contributed by atoms with van der Waals surface area (Å²) in [5, 5.41) is 0. The molecule has 716 valence electrons. The summed E-state index contributed by atoms with van der Waals surface area (Å²) in [6.45, 7) is 57.4. The Kier molecular flexibility index (Phi) is 66.7. The predicted octanol–water partition coefficient (Wildman–Crippen LogP) is 34.5. The predicted molar refractivity (Wildman–Crippen MR) is 520 cm³/mol. The molecule has 9 fully saturated rings. The standard InChI is InChI=1S/C20H34O2.C16H30O2.2C15H28O2.2C14H26O2.12CH4/c1-6-18(3,4)17(21)22-19(5,7-2)20-11-14-8-15(12-20)10-16(9-14)13-20;1-5-15(3,4)14(17)18-16(6-2)12-10-8-7-9-11-13-16;1-6-14(2,3)13(16)17-15(4,5)12-10-8-7-9-11-12;1-5-14(2,3)13(16)17-15(4)11-9-7-6-8-10-12-15;1-6-13(2,3)12(15)16-14(4,5)11-9-7-8-10-11;1-6-13(4,5)12(15)16-14(11(2)3)9-7-8-10-14;;;;;;;;;;;;/h14-16H,6-13H2,1-5H3;5-13H2,1-4H3;12H,6-11H2,1-5H3;5-12H2,1-4H3;2*11H,6-10H2,1-5H3;12*1H4. The SMILES string of the molecule is C.C.C.C.C.C.C.C.C.C.C.C.CCC(C)(C)C(=O)OC(C)(C)C1CCCC1.CCC(C)(C)C(=O)OC(C)(C)C1CCCCC1.CCC(C)(C)C(=O)OC(C)(CC)C12CC3CC(CC(C3)C1)C2.CCC(C)(C)C(=O)OC1(C(C)C)CCCC1.CCC(C)(C)C(=O)OC1(C)CCCCCCC1.CCC1(OC(=O)C(C)(C)CC)CCCCCCC1. The van der Waals surface area contributed by atoms with Crippen LogP contribution in [0.4, 0.5) is 0 Å². The van der Waals surface area contributed by atoms with Gasteiger partial charge in [0.2, 0.25) is 0 Å². The Labute approximate surface area is 742 Å². The van der Waals surface area contributed by atoms with Crippen molar-refractivity contribution in [2.45, 2.75) is 580 Å². The fraction of sp³-hybridized carbons (Fsp3) is 0.943. The fourth-order valence-corrected chi connectivity index (χ4v) is 17.5. The van der Waals surface area contributed by atoms with Crippen LogP contribution in [0.5, 0.6) is 0 Å². The van der Waals surface area contributed by atoms with Crippen LogP contribution < -0.4 is 0 Å². The van der Waals surface area contributed by atoms with Crippen LogP contribution >= 0.6 is 0 Å². The molecule has 4 bridgehead atoms. The van der Waals surface area contributed by atoms with E-state index in [0.717, 1.165) is 108 Å². The number of hydrogen-bond acceptors (Lipinski definition) is 12. The van der Waals surface area contributed by atoms with Crippen molar-refractivity contribution in [3.8, 4) is 0 Å². The lowest BCUT2D eigenvalue weighted by Crippen LogP contribution is -2.59. The van der Waals surface area contributed by atoms with E-state index in [-0.39, 0.29) is 196 Å². The molecule has 1 atom stereocenters. The Morgan fingerprint density at radius 2 is 0.551 bits per heavy atom. The topological polar surface area (TPSA) is 158 Å². The van der Waals surface area contributed by atoms with Crippen molar-refractivity contribution in [2.24, 2.45) is 73.4 Å². The van der Waals surface area contributed by atoms with Crippen LogP contribution in [-0.4, -0.2) is 69.4 Å². The van der Waals surface area contributed by atoms with E-state index >= 15 is 0 Å². The zero-order valence-corrected chi connectivity index (χ0v) is 74.9. The second-order valence-corrected chi connectivity index (χ2v) is 41.0. The molecule has 0 aromatic carbocycles. The second-order valence-electron chi connectivity index (χ2n) is 41.0. The van der Waals surface area contributed by atoms with Gasteiger partial charge in [0.05, 0.1) is 32.5 Å². The maximum atomic E-state index is 12.7. The van der Waals surface area contributed by atoms with E-state index < -0.39 is 0 Å². The fourth-order valence-electron chi connectivity index (χ4n) is 17.5. The van der Waals surface area contributed by atoms with Crippen LogP contribution in [0.25, 0.3) is 0 Å². The second kappa shape index (κ2) is 58.2. The maximum absolute atomic E-state index is 12.7. The summed E-state index contributed by atoms with van der Waals surface area (Å²) in [6, 6.07) is 0. The monoisotopic (exact) mass is 1690 g/mol. The molecule has 9 aliphatic carbocycles. The quantitative estimate of drug-likeness (QED) is 0.0666. The molecule has 0 amide bonds. The summed E-state index contributed by atoms with van der Waals surface area (Å²) < 4.78 is 35.5. The van der Waals surface area contributed by atoms with E-state index in [2.05, 4.69) is 83.1 Å². The highest BCUT2D eigenvalue weighted by Gasteiger charge is 2.60. The molecule has 1 unspecified atom stereocenters. The number of hydrogen-bond donors (Lipinski definition) is 0. The maximum Gasteiger partial charge on any atom is 0.312 e.